The number of hydrogen-bond donors (Lipinski definition) is 4. The Bertz CT molecular complexity index is 133. The molecular weight excluding hydrogens is 280 g/mol. The van der Waals surface area contributed by atoms with Crippen molar-refractivity contribution in [3.05, 3.63) is 0 Å². The highest BCUT2D eigenvalue weighted by Crippen LogP contribution is 2.11. The fraction of sp³-hybridized carbons (Fsp3) is 1.00. The minimum atomic E-state index is 0.192. The zero-order valence-electron chi connectivity index (χ0n) is 9.42. The van der Waals surface area contributed by atoms with E-state index in [1.165, 1.54) is 0 Å². The molecular formula is C10H22O2S4. The van der Waals surface area contributed by atoms with Gasteiger partial charge in [0.25, 0.3) is 0 Å². The second-order valence-electron chi connectivity index (χ2n) is 3.38. The Labute approximate surface area is 121 Å². The third-order valence-corrected chi connectivity index (χ3v) is 3.29. The average Bonchev–Trinajstić information content (AvgIpc) is 2.33. The zero-order valence-corrected chi connectivity index (χ0v) is 13.0. The van der Waals surface area contributed by atoms with Crippen LogP contribution < -0.4 is 0 Å². The number of ether oxygens (including phenoxy) is 2. The molecule has 0 saturated heterocycles. The first-order valence-electron chi connectivity index (χ1n) is 5.45. The van der Waals surface area contributed by atoms with Gasteiger partial charge in [-0.1, -0.05) is 0 Å². The minimum Gasteiger partial charge on any atom is -0.377 e. The molecule has 0 radical (unpaired) electrons. The monoisotopic (exact) mass is 302 g/mol. The summed E-state index contributed by atoms with van der Waals surface area (Å²) in [4.78, 5) is 0. The molecule has 0 fully saturated rings. The Morgan fingerprint density at radius 3 is 1.31 bits per heavy atom. The van der Waals surface area contributed by atoms with Gasteiger partial charge in [-0.15, -0.1) is 0 Å². The summed E-state index contributed by atoms with van der Waals surface area (Å²) >= 11 is 16.8. The zero-order chi connectivity index (χ0) is 12.2. The largest absolute Gasteiger partial charge is 0.377 e. The van der Waals surface area contributed by atoms with E-state index in [9.17, 15) is 0 Å². The lowest BCUT2D eigenvalue weighted by Crippen LogP contribution is -2.22. The van der Waals surface area contributed by atoms with Crippen LogP contribution in [0.4, 0.5) is 0 Å². The van der Waals surface area contributed by atoms with Gasteiger partial charge in [0.15, 0.2) is 0 Å². The second-order valence-corrected chi connectivity index (χ2v) is 5.00. The summed E-state index contributed by atoms with van der Waals surface area (Å²) in [5, 5.41) is 0. The third-order valence-electron chi connectivity index (χ3n) is 2.11. The van der Waals surface area contributed by atoms with Crippen LogP contribution >= 0.6 is 50.5 Å². The number of hydrogen-bond acceptors (Lipinski definition) is 6. The average molecular weight is 303 g/mol. The molecule has 0 N–H and O–H groups in total. The quantitative estimate of drug-likeness (QED) is 0.439. The summed E-state index contributed by atoms with van der Waals surface area (Å²) in [6, 6.07) is 0. The molecule has 0 aromatic heterocycles. The first-order chi connectivity index (χ1) is 7.78. The van der Waals surface area contributed by atoms with Gasteiger partial charge in [-0.2, -0.15) is 50.5 Å². The highest BCUT2D eigenvalue weighted by Gasteiger charge is 2.12. The summed E-state index contributed by atoms with van der Waals surface area (Å²) in [5.74, 6) is 2.96. The Kier molecular flexibility index (Phi) is 13.8. The molecule has 0 rings (SSSR count). The number of rotatable bonds is 11. The molecule has 0 heterocycles. The van der Waals surface area contributed by atoms with E-state index in [2.05, 4.69) is 50.5 Å². The molecule has 0 aromatic carbocycles. The molecule has 0 aliphatic carbocycles. The van der Waals surface area contributed by atoms with Gasteiger partial charge in [-0.3, -0.25) is 0 Å². The van der Waals surface area contributed by atoms with Gasteiger partial charge in [-0.25, -0.2) is 0 Å². The van der Waals surface area contributed by atoms with Gasteiger partial charge in [0.1, 0.15) is 0 Å². The van der Waals surface area contributed by atoms with E-state index in [0.29, 0.717) is 13.2 Å². The van der Waals surface area contributed by atoms with E-state index in [1.54, 1.807) is 0 Å². The molecule has 0 aromatic rings. The lowest BCUT2D eigenvalue weighted by Gasteiger charge is -2.19. The smallest absolute Gasteiger partial charge is 0.0664 e. The van der Waals surface area contributed by atoms with Crippen LogP contribution in [0.3, 0.4) is 0 Å². The molecule has 2 atom stereocenters. The maximum Gasteiger partial charge on any atom is 0.0664 e. The van der Waals surface area contributed by atoms with E-state index >= 15 is 0 Å². The van der Waals surface area contributed by atoms with Crippen LogP contribution in [0, 0.1) is 0 Å². The summed E-state index contributed by atoms with van der Waals surface area (Å²) < 4.78 is 11.2. The lowest BCUT2D eigenvalue weighted by molar-refractivity contribution is 0.0395. The lowest BCUT2D eigenvalue weighted by atomic mass is 10.1. The van der Waals surface area contributed by atoms with Crippen LogP contribution in [0.25, 0.3) is 0 Å². The summed E-state index contributed by atoms with van der Waals surface area (Å²) in [7, 11) is 0. The van der Waals surface area contributed by atoms with Gasteiger partial charge in [0.2, 0.25) is 0 Å². The van der Waals surface area contributed by atoms with Gasteiger partial charge in [0, 0.05) is 23.0 Å². The Hall–Kier alpha value is 1.32. The fourth-order valence-corrected chi connectivity index (χ4v) is 2.05. The second kappa shape index (κ2) is 12.8. The first-order valence-corrected chi connectivity index (χ1v) is 7.98. The van der Waals surface area contributed by atoms with Crippen LogP contribution in [0.1, 0.15) is 12.8 Å². The predicted octanol–water partition coefficient (Wildman–Crippen LogP) is 2.26. The summed E-state index contributed by atoms with van der Waals surface area (Å²) in [6.07, 6.45) is 2.29. The molecule has 0 spiro atoms. The van der Waals surface area contributed by atoms with Gasteiger partial charge >= 0.3 is 0 Å². The topological polar surface area (TPSA) is 18.5 Å². The molecule has 0 amide bonds. The van der Waals surface area contributed by atoms with Crippen molar-refractivity contribution in [2.75, 3.05) is 36.2 Å². The molecule has 16 heavy (non-hydrogen) atoms. The maximum absolute atomic E-state index is 5.59. The van der Waals surface area contributed by atoms with E-state index in [0.717, 1.165) is 35.9 Å². The molecule has 2 nitrogen and oxygen atoms in total. The van der Waals surface area contributed by atoms with Crippen molar-refractivity contribution in [3.63, 3.8) is 0 Å². The summed E-state index contributed by atoms with van der Waals surface area (Å²) in [5.41, 5.74) is 0. The SMILES string of the molecule is SCCOC(CS)CCC(CS)OCCS. The molecule has 98 valence electrons. The third kappa shape index (κ3) is 9.36. The van der Waals surface area contributed by atoms with E-state index in [-0.39, 0.29) is 12.2 Å². The predicted molar refractivity (Wildman–Crippen MR) is 84.1 cm³/mol. The molecule has 0 aliphatic rings. The van der Waals surface area contributed by atoms with Crippen LogP contribution in [0.2, 0.25) is 0 Å². The van der Waals surface area contributed by atoms with Crippen molar-refractivity contribution in [3.8, 4) is 0 Å². The van der Waals surface area contributed by atoms with Crippen molar-refractivity contribution in [2.45, 2.75) is 25.0 Å². The van der Waals surface area contributed by atoms with E-state index in [1.807, 2.05) is 0 Å². The normalized spacial score (nSPS) is 15.0. The van der Waals surface area contributed by atoms with Crippen LogP contribution in [-0.4, -0.2) is 48.4 Å². The van der Waals surface area contributed by atoms with Gasteiger partial charge in [0.05, 0.1) is 25.4 Å². The van der Waals surface area contributed by atoms with Gasteiger partial charge in [-0.05, 0) is 12.8 Å². The van der Waals surface area contributed by atoms with Crippen molar-refractivity contribution < 1.29 is 9.47 Å². The Morgan fingerprint density at radius 1 is 0.688 bits per heavy atom. The maximum atomic E-state index is 5.59. The van der Waals surface area contributed by atoms with Crippen molar-refractivity contribution in [2.24, 2.45) is 0 Å². The number of thiol groups is 4. The first kappa shape index (κ1) is 17.3. The minimum absolute atomic E-state index is 0.192. The van der Waals surface area contributed by atoms with E-state index in [4.69, 9.17) is 9.47 Å². The molecule has 6 heteroatoms. The molecule has 0 bridgehead atoms. The Morgan fingerprint density at radius 2 is 1.06 bits per heavy atom. The molecule has 2 unspecified atom stereocenters. The van der Waals surface area contributed by atoms with Crippen molar-refractivity contribution in [1.82, 2.24) is 0 Å². The molecule has 0 saturated carbocycles. The summed E-state index contributed by atoms with van der Waals surface area (Å²) in [6.45, 7) is 1.36. The van der Waals surface area contributed by atoms with Crippen LogP contribution in [0.15, 0.2) is 0 Å². The van der Waals surface area contributed by atoms with Crippen molar-refractivity contribution in [1.29, 1.82) is 0 Å². The van der Waals surface area contributed by atoms with E-state index < -0.39 is 0 Å². The fourth-order valence-electron chi connectivity index (χ4n) is 1.27. The standard InChI is InChI=1S/C10H22O2S4/c13-5-3-11-9(7-15)1-2-10(8-16)12-4-6-14/h9-10,13-16H,1-8H2. The van der Waals surface area contributed by atoms with Gasteiger partial charge < -0.3 is 9.47 Å². The molecule has 0 aliphatic heterocycles. The highest BCUT2D eigenvalue weighted by atomic mass is 32.1. The Balaban J connectivity index is 3.69. The van der Waals surface area contributed by atoms with Crippen LogP contribution in [0.5, 0.6) is 0 Å². The van der Waals surface area contributed by atoms with Crippen molar-refractivity contribution >= 4 is 50.5 Å². The highest BCUT2D eigenvalue weighted by molar-refractivity contribution is 7.80. The van der Waals surface area contributed by atoms with Crippen LogP contribution in [-0.2, 0) is 9.47 Å².